The average Bonchev–Trinajstić information content (AvgIpc) is 2.17. The van der Waals surface area contributed by atoms with Crippen LogP contribution in [0.4, 0.5) is 4.39 Å². The summed E-state index contributed by atoms with van der Waals surface area (Å²) in [5.74, 6) is 0.379. The molecule has 0 aliphatic rings. The maximum Gasteiger partial charge on any atom is 0.172 e. The molecule has 0 N–H and O–H groups in total. The van der Waals surface area contributed by atoms with Crippen molar-refractivity contribution in [3.63, 3.8) is 0 Å². The first-order chi connectivity index (χ1) is 6.24. The maximum absolute atomic E-state index is 13.5. The minimum atomic E-state index is -0.376. The lowest BCUT2D eigenvalue weighted by molar-refractivity contribution is 0.373. The van der Waals surface area contributed by atoms with Crippen molar-refractivity contribution in [3.8, 4) is 11.5 Å². The van der Waals surface area contributed by atoms with E-state index in [2.05, 4.69) is 15.9 Å². The zero-order chi connectivity index (χ0) is 9.84. The molecule has 0 atom stereocenters. The molecular formula is C9H10BrFO2. The van der Waals surface area contributed by atoms with Crippen LogP contribution in [0, 0.1) is 5.82 Å². The lowest BCUT2D eigenvalue weighted by atomic mass is 10.2. The van der Waals surface area contributed by atoms with Crippen molar-refractivity contribution in [2.45, 2.75) is 5.33 Å². The van der Waals surface area contributed by atoms with Crippen molar-refractivity contribution in [2.24, 2.45) is 0 Å². The summed E-state index contributed by atoms with van der Waals surface area (Å²) in [5.41, 5.74) is 0.474. The number of hydrogen-bond acceptors (Lipinski definition) is 2. The highest BCUT2D eigenvalue weighted by molar-refractivity contribution is 9.08. The van der Waals surface area contributed by atoms with Crippen LogP contribution >= 0.6 is 15.9 Å². The Balaban J connectivity index is 3.23. The third-order valence-corrected chi connectivity index (χ3v) is 2.30. The van der Waals surface area contributed by atoms with Gasteiger partial charge in [0.15, 0.2) is 11.6 Å². The monoisotopic (exact) mass is 248 g/mol. The smallest absolute Gasteiger partial charge is 0.172 e. The van der Waals surface area contributed by atoms with Crippen molar-refractivity contribution in [1.29, 1.82) is 0 Å². The Morgan fingerprint density at radius 3 is 2.23 bits per heavy atom. The average molecular weight is 249 g/mol. The highest BCUT2D eigenvalue weighted by Gasteiger charge is 2.12. The maximum atomic E-state index is 13.5. The first-order valence-electron chi connectivity index (χ1n) is 3.70. The molecule has 0 aliphatic heterocycles. The summed E-state index contributed by atoms with van der Waals surface area (Å²) in [6.45, 7) is 0. The summed E-state index contributed by atoms with van der Waals surface area (Å²) in [6.07, 6.45) is 0. The number of hydrogen-bond donors (Lipinski definition) is 0. The van der Waals surface area contributed by atoms with Crippen molar-refractivity contribution >= 4 is 15.9 Å². The summed E-state index contributed by atoms with van der Waals surface area (Å²) in [7, 11) is 2.94. The summed E-state index contributed by atoms with van der Waals surface area (Å²) < 4.78 is 23.3. The third kappa shape index (κ3) is 1.94. The van der Waals surface area contributed by atoms with Crippen LogP contribution < -0.4 is 9.47 Å². The second kappa shape index (κ2) is 4.46. The van der Waals surface area contributed by atoms with E-state index in [0.29, 0.717) is 16.6 Å². The molecule has 0 bridgehead atoms. The minimum Gasteiger partial charge on any atom is -0.496 e. The van der Waals surface area contributed by atoms with Gasteiger partial charge in [0.05, 0.1) is 14.2 Å². The molecule has 0 aromatic heterocycles. The largest absolute Gasteiger partial charge is 0.496 e. The molecule has 0 spiro atoms. The zero-order valence-corrected chi connectivity index (χ0v) is 9.02. The van der Waals surface area contributed by atoms with Crippen molar-refractivity contribution in [1.82, 2.24) is 0 Å². The van der Waals surface area contributed by atoms with Gasteiger partial charge in [-0.3, -0.25) is 0 Å². The number of benzene rings is 1. The summed E-state index contributed by atoms with van der Waals surface area (Å²) in [6, 6.07) is 3.22. The first-order valence-corrected chi connectivity index (χ1v) is 4.82. The molecular weight excluding hydrogens is 239 g/mol. The van der Waals surface area contributed by atoms with Gasteiger partial charge in [-0.2, -0.15) is 0 Å². The standard InChI is InChI=1S/C9H10BrFO2/c1-12-7-3-4-8(13-2)9(11)6(7)5-10/h3-4H,5H2,1-2H3. The normalized spacial score (nSPS) is 9.85. The third-order valence-electron chi connectivity index (χ3n) is 1.74. The van der Waals surface area contributed by atoms with Gasteiger partial charge in [-0.15, -0.1) is 0 Å². The number of halogens is 2. The molecule has 0 amide bonds. The van der Waals surface area contributed by atoms with Crippen LogP contribution in [0.25, 0.3) is 0 Å². The van der Waals surface area contributed by atoms with E-state index in [1.54, 1.807) is 12.1 Å². The number of methoxy groups -OCH3 is 2. The number of ether oxygens (including phenoxy) is 2. The van der Waals surface area contributed by atoms with E-state index in [-0.39, 0.29) is 11.6 Å². The van der Waals surface area contributed by atoms with Crippen LogP contribution in [0.15, 0.2) is 12.1 Å². The van der Waals surface area contributed by atoms with E-state index in [1.807, 2.05) is 0 Å². The Labute approximate surface area is 84.8 Å². The van der Waals surface area contributed by atoms with Gasteiger partial charge >= 0.3 is 0 Å². The van der Waals surface area contributed by atoms with Crippen LogP contribution in [0.3, 0.4) is 0 Å². The lowest BCUT2D eigenvalue weighted by Crippen LogP contribution is -1.96. The second-order valence-electron chi connectivity index (χ2n) is 2.40. The van der Waals surface area contributed by atoms with Crippen LogP contribution in [-0.4, -0.2) is 14.2 Å². The van der Waals surface area contributed by atoms with E-state index in [4.69, 9.17) is 9.47 Å². The Hall–Kier alpha value is -0.770. The predicted octanol–water partition coefficient (Wildman–Crippen LogP) is 2.74. The molecule has 0 unspecified atom stereocenters. The van der Waals surface area contributed by atoms with Gasteiger partial charge in [0.25, 0.3) is 0 Å². The summed E-state index contributed by atoms with van der Waals surface area (Å²) in [4.78, 5) is 0. The molecule has 0 saturated heterocycles. The fraction of sp³-hybridized carbons (Fsp3) is 0.333. The molecule has 13 heavy (non-hydrogen) atoms. The Morgan fingerprint density at radius 1 is 1.23 bits per heavy atom. The fourth-order valence-corrected chi connectivity index (χ4v) is 1.58. The molecule has 4 heteroatoms. The quantitative estimate of drug-likeness (QED) is 0.767. The number of alkyl halides is 1. The molecule has 1 aromatic carbocycles. The van der Waals surface area contributed by atoms with Gasteiger partial charge < -0.3 is 9.47 Å². The van der Waals surface area contributed by atoms with Gasteiger partial charge in [-0.25, -0.2) is 4.39 Å². The van der Waals surface area contributed by atoms with Crippen LogP contribution in [0.1, 0.15) is 5.56 Å². The number of rotatable bonds is 3. The van der Waals surface area contributed by atoms with E-state index in [1.165, 1.54) is 14.2 Å². The van der Waals surface area contributed by atoms with E-state index >= 15 is 0 Å². The molecule has 0 radical (unpaired) electrons. The summed E-state index contributed by atoms with van der Waals surface area (Å²) in [5, 5.41) is 0.402. The van der Waals surface area contributed by atoms with Crippen LogP contribution in [0.2, 0.25) is 0 Å². The van der Waals surface area contributed by atoms with Crippen molar-refractivity contribution in [2.75, 3.05) is 14.2 Å². The Morgan fingerprint density at radius 2 is 1.77 bits per heavy atom. The predicted molar refractivity (Wildman–Crippen MR) is 52.1 cm³/mol. The van der Waals surface area contributed by atoms with Gasteiger partial charge in [-0.05, 0) is 12.1 Å². The second-order valence-corrected chi connectivity index (χ2v) is 2.96. The molecule has 0 saturated carbocycles. The van der Waals surface area contributed by atoms with Gasteiger partial charge in [0.1, 0.15) is 5.75 Å². The van der Waals surface area contributed by atoms with E-state index < -0.39 is 0 Å². The van der Waals surface area contributed by atoms with Gasteiger partial charge in [0.2, 0.25) is 0 Å². The minimum absolute atomic E-state index is 0.232. The highest BCUT2D eigenvalue weighted by Crippen LogP contribution is 2.30. The van der Waals surface area contributed by atoms with Crippen molar-refractivity contribution < 1.29 is 13.9 Å². The van der Waals surface area contributed by atoms with E-state index in [0.717, 1.165) is 0 Å². The molecule has 1 rings (SSSR count). The Kier molecular flexibility index (Phi) is 3.54. The molecule has 0 heterocycles. The molecule has 2 nitrogen and oxygen atoms in total. The molecule has 0 aliphatic carbocycles. The zero-order valence-electron chi connectivity index (χ0n) is 7.43. The van der Waals surface area contributed by atoms with Crippen LogP contribution in [-0.2, 0) is 5.33 Å². The van der Waals surface area contributed by atoms with E-state index in [9.17, 15) is 4.39 Å². The fourth-order valence-electron chi connectivity index (χ4n) is 1.06. The lowest BCUT2D eigenvalue weighted by Gasteiger charge is -2.09. The van der Waals surface area contributed by atoms with Gasteiger partial charge in [-0.1, -0.05) is 15.9 Å². The summed E-state index contributed by atoms with van der Waals surface area (Å²) >= 11 is 3.19. The first kappa shape index (κ1) is 10.3. The van der Waals surface area contributed by atoms with Crippen LogP contribution in [0.5, 0.6) is 11.5 Å². The molecule has 0 fully saturated rings. The van der Waals surface area contributed by atoms with Gasteiger partial charge in [0, 0.05) is 10.9 Å². The molecule has 72 valence electrons. The molecule has 1 aromatic rings. The van der Waals surface area contributed by atoms with Crippen molar-refractivity contribution in [3.05, 3.63) is 23.5 Å². The Bertz CT molecular complexity index is 302. The topological polar surface area (TPSA) is 18.5 Å². The highest BCUT2D eigenvalue weighted by atomic mass is 79.9. The SMILES string of the molecule is COc1ccc(OC)c(CBr)c1F.